The Morgan fingerprint density at radius 1 is 1.20 bits per heavy atom. The summed E-state index contributed by atoms with van der Waals surface area (Å²) in [6.07, 6.45) is 4.07. The number of anilines is 1. The zero-order chi connectivity index (χ0) is 17.5. The first-order valence-electron chi connectivity index (χ1n) is 8.35. The molecular weight excluding hydrogens is 320 g/mol. The molecule has 0 unspecified atom stereocenters. The monoisotopic (exact) mass is 342 g/mol. The number of nitrogens with one attached hydrogen (secondary N) is 1. The van der Waals surface area contributed by atoms with Gasteiger partial charge in [-0.05, 0) is 31.0 Å². The van der Waals surface area contributed by atoms with Gasteiger partial charge in [-0.15, -0.1) is 0 Å². The minimum Gasteiger partial charge on any atom is -0.493 e. The van der Waals surface area contributed by atoms with Crippen molar-refractivity contribution in [1.29, 1.82) is 0 Å². The molecule has 1 N–H and O–H groups in total. The number of benzene rings is 1. The van der Waals surface area contributed by atoms with E-state index in [2.05, 4.69) is 20.2 Å². The van der Waals surface area contributed by atoms with Crippen molar-refractivity contribution in [2.75, 3.05) is 31.7 Å². The van der Waals surface area contributed by atoms with E-state index < -0.39 is 0 Å². The number of hydrogen-bond donors (Lipinski definition) is 1. The molecule has 1 aliphatic heterocycles. The number of hydrogen-bond acceptors (Lipinski definition) is 6. The third-order valence-electron chi connectivity index (χ3n) is 3.98. The zero-order valence-electron chi connectivity index (χ0n) is 14.3. The van der Waals surface area contributed by atoms with Crippen LogP contribution in [0.1, 0.15) is 18.5 Å². The van der Waals surface area contributed by atoms with Crippen molar-refractivity contribution in [3.05, 3.63) is 42.2 Å². The normalized spacial score (nSPS) is 13.6. The lowest BCUT2D eigenvalue weighted by Crippen LogP contribution is -2.29. The van der Waals surface area contributed by atoms with Gasteiger partial charge in [0.25, 0.3) is 5.91 Å². The van der Waals surface area contributed by atoms with Gasteiger partial charge in [0.1, 0.15) is 0 Å². The van der Waals surface area contributed by atoms with E-state index in [9.17, 15) is 4.79 Å². The van der Waals surface area contributed by atoms with Gasteiger partial charge in [0.05, 0.1) is 19.3 Å². The Hall–Kier alpha value is -2.83. The maximum absolute atomic E-state index is 12.0. The van der Waals surface area contributed by atoms with E-state index in [1.807, 2.05) is 12.1 Å². The van der Waals surface area contributed by atoms with Crippen molar-refractivity contribution < 1.29 is 14.3 Å². The fraction of sp³-hybridized carbons (Fsp3) is 0.389. The lowest BCUT2D eigenvalue weighted by molar-refractivity contribution is -0.123. The molecule has 25 heavy (non-hydrogen) atoms. The summed E-state index contributed by atoms with van der Waals surface area (Å²) >= 11 is 0. The number of nitrogens with zero attached hydrogens (tertiary/aromatic N) is 3. The van der Waals surface area contributed by atoms with Crippen LogP contribution in [0.15, 0.2) is 36.5 Å². The predicted molar refractivity (Wildman–Crippen MR) is 93.8 cm³/mol. The van der Waals surface area contributed by atoms with Gasteiger partial charge in [0, 0.05) is 19.3 Å². The van der Waals surface area contributed by atoms with Crippen molar-refractivity contribution >= 4 is 11.9 Å². The molecule has 7 heteroatoms. The Bertz CT molecular complexity index is 717. The summed E-state index contributed by atoms with van der Waals surface area (Å²) in [5.41, 5.74) is 0.780. The van der Waals surface area contributed by atoms with Crippen LogP contribution < -0.4 is 19.7 Å². The highest BCUT2D eigenvalue weighted by molar-refractivity contribution is 5.77. The molecule has 132 valence electrons. The molecule has 1 aromatic carbocycles. The molecule has 3 rings (SSSR count). The van der Waals surface area contributed by atoms with E-state index in [-0.39, 0.29) is 12.5 Å². The SMILES string of the molecule is COc1ccccc1OCC(=O)NCc1ccnc(N2CCCC2)n1. The number of carbonyl (C=O) groups excluding carboxylic acids is 1. The fourth-order valence-corrected chi connectivity index (χ4v) is 2.67. The van der Waals surface area contributed by atoms with E-state index >= 15 is 0 Å². The lowest BCUT2D eigenvalue weighted by atomic mass is 10.3. The summed E-state index contributed by atoms with van der Waals surface area (Å²) in [5.74, 6) is 1.65. The van der Waals surface area contributed by atoms with E-state index in [1.165, 1.54) is 12.8 Å². The minimum atomic E-state index is -0.216. The molecule has 1 saturated heterocycles. The van der Waals surface area contributed by atoms with E-state index in [0.717, 1.165) is 24.7 Å². The Kier molecular flexibility index (Phi) is 5.66. The number of methoxy groups -OCH3 is 1. The summed E-state index contributed by atoms with van der Waals surface area (Å²) < 4.78 is 10.7. The lowest BCUT2D eigenvalue weighted by Gasteiger charge is -2.15. The largest absolute Gasteiger partial charge is 0.493 e. The molecule has 1 aliphatic rings. The molecule has 2 aromatic rings. The summed E-state index contributed by atoms with van der Waals surface area (Å²) in [7, 11) is 1.56. The summed E-state index contributed by atoms with van der Waals surface area (Å²) in [4.78, 5) is 23.0. The topological polar surface area (TPSA) is 76.6 Å². The third-order valence-corrected chi connectivity index (χ3v) is 3.98. The molecule has 0 radical (unpaired) electrons. The Balaban J connectivity index is 1.49. The molecule has 0 spiro atoms. The number of aromatic nitrogens is 2. The van der Waals surface area contributed by atoms with Crippen LogP contribution in [0, 0.1) is 0 Å². The third kappa shape index (κ3) is 4.59. The van der Waals surface area contributed by atoms with Crippen molar-refractivity contribution in [3.63, 3.8) is 0 Å². The van der Waals surface area contributed by atoms with E-state index in [4.69, 9.17) is 9.47 Å². The van der Waals surface area contributed by atoms with Crippen LogP contribution in [0.4, 0.5) is 5.95 Å². The van der Waals surface area contributed by atoms with Crippen LogP contribution in [0.3, 0.4) is 0 Å². The predicted octanol–water partition coefficient (Wildman–Crippen LogP) is 1.78. The van der Waals surface area contributed by atoms with Crippen LogP contribution in [0.2, 0.25) is 0 Å². The zero-order valence-corrected chi connectivity index (χ0v) is 14.3. The molecule has 0 saturated carbocycles. The van der Waals surface area contributed by atoms with Crippen LogP contribution >= 0.6 is 0 Å². The van der Waals surface area contributed by atoms with Gasteiger partial charge >= 0.3 is 0 Å². The van der Waals surface area contributed by atoms with Crippen LogP contribution in [0.5, 0.6) is 11.5 Å². The molecule has 7 nitrogen and oxygen atoms in total. The van der Waals surface area contributed by atoms with Gasteiger partial charge in [-0.25, -0.2) is 9.97 Å². The van der Waals surface area contributed by atoms with Gasteiger partial charge in [-0.3, -0.25) is 4.79 Å². The molecule has 0 aliphatic carbocycles. The number of carbonyl (C=O) groups is 1. The van der Waals surface area contributed by atoms with Crippen molar-refractivity contribution in [3.8, 4) is 11.5 Å². The first kappa shape index (κ1) is 17.0. The maximum Gasteiger partial charge on any atom is 0.258 e. The van der Waals surface area contributed by atoms with Crippen molar-refractivity contribution in [1.82, 2.24) is 15.3 Å². The van der Waals surface area contributed by atoms with Crippen molar-refractivity contribution in [2.45, 2.75) is 19.4 Å². The molecule has 1 amide bonds. The van der Waals surface area contributed by atoms with Gasteiger partial charge in [-0.1, -0.05) is 12.1 Å². The average Bonchev–Trinajstić information content (AvgIpc) is 3.20. The highest BCUT2D eigenvalue weighted by atomic mass is 16.5. The quantitative estimate of drug-likeness (QED) is 0.826. The maximum atomic E-state index is 12.0. The van der Waals surface area contributed by atoms with Crippen LogP contribution in [0.25, 0.3) is 0 Å². The van der Waals surface area contributed by atoms with E-state index in [0.29, 0.717) is 18.0 Å². The molecule has 0 atom stereocenters. The Labute approximate surface area is 147 Å². The second-order valence-corrected chi connectivity index (χ2v) is 5.76. The number of para-hydroxylation sites is 2. The first-order chi connectivity index (χ1) is 12.3. The minimum absolute atomic E-state index is 0.0789. The number of ether oxygens (including phenoxy) is 2. The summed E-state index contributed by atoms with van der Waals surface area (Å²) in [6.45, 7) is 2.24. The van der Waals surface area contributed by atoms with Gasteiger partial charge in [0.15, 0.2) is 18.1 Å². The molecule has 1 aromatic heterocycles. The standard InChI is InChI=1S/C18H22N4O3/c1-24-15-6-2-3-7-16(15)25-13-17(23)20-12-14-8-9-19-18(21-14)22-10-4-5-11-22/h2-3,6-9H,4-5,10-13H2,1H3,(H,20,23). The second-order valence-electron chi connectivity index (χ2n) is 5.76. The molecule has 2 heterocycles. The Morgan fingerprint density at radius 2 is 1.96 bits per heavy atom. The van der Waals surface area contributed by atoms with Gasteiger partial charge in [0.2, 0.25) is 5.95 Å². The van der Waals surface area contributed by atoms with Crippen molar-refractivity contribution in [2.24, 2.45) is 0 Å². The second kappa shape index (κ2) is 8.32. The smallest absolute Gasteiger partial charge is 0.258 e. The Morgan fingerprint density at radius 3 is 2.72 bits per heavy atom. The van der Waals surface area contributed by atoms with Gasteiger partial charge in [-0.2, -0.15) is 0 Å². The van der Waals surface area contributed by atoms with Crippen LogP contribution in [-0.2, 0) is 11.3 Å². The first-order valence-corrected chi connectivity index (χ1v) is 8.35. The molecular formula is C18H22N4O3. The van der Waals surface area contributed by atoms with Crippen LogP contribution in [-0.4, -0.2) is 42.7 Å². The summed E-state index contributed by atoms with van der Waals surface area (Å²) in [5, 5.41) is 2.81. The number of rotatable bonds is 7. The average molecular weight is 342 g/mol. The van der Waals surface area contributed by atoms with Gasteiger partial charge < -0.3 is 19.7 Å². The fourth-order valence-electron chi connectivity index (χ4n) is 2.67. The highest BCUT2D eigenvalue weighted by Gasteiger charge is 2.15. The highest BCUT2D eigenvalue weighted by Crippen LogP contribution is 2.25. The number of amides is 1. The molecule has 0 bridgehead atoms. The summed E-state index contributed by atoms with van der Waals surface area (Å²) in [6, 6.07) is 9.03. The molecule has 1 fully saturated rings. The van der Waals surface area contributed by atoms with E-state index in [1.54, 1.807) is 31.5 Å².